The SMILES string of the molecule is CCOc1ccc(C(=O)N2CCC(NCC3CC3)CC2)cc1OCC.Cl. The molecule has 26 heavy (non-hydrogen) atoms. The monoisotopic (exact) mass is 382 g/mol. The number of carbonyl (C=O) groups is 1. The maximum atomic E-state index is 12.8. The van der Waals surface area contributed by atoms with Gasteiger partial charge in [0.05, 0.1) is 13.2 Å². The minimum Gasteiger partial charge on any atom is -0.490 e. The van der Waals surface area contributed by atoms with Crippen molar-refractivity contribution in [3.63, 3.8) is 0 Å². The Kier molecular flexibility index (Phi) is 8.04. The first-order valence-electron chi connectivity index (χ1n) is 9.63. The molecule has 1 heterocycles. The van der Waals surface area contributed by atoms with E-state index in [2.05, 4.69) is 5.32 Å². The van der Waals surface area contributed by atoms with Crippen LogP contribution in [0.1, 0.15) is 49.9 Å². The van der Waals surface area contributed by atoms with E-state index in [9.17, 15) is 4.79 Å². The molecule has 2 fully saturated rings. The van der Waals surface area contributed by atoms with Gasteiger partial charge in [0.1, 0.15) is 0 Å². The van der Waals surface area contributed by atoms with Crippen LogP contribution < -0.4 is 14.8 Å². The number of benzene rings is 1. The summed E-state index contributed by atoms with van der Waals surface area (Å²) in [6, 6.07) is 6.05. The Morgan fingerprint density at radius 2 is 1.73 bits per heavy atom. The summed E-state index contributed by atoms with van der Waals surface area (Å²) in [6.07, 6.45) is 4.83. The molecule has 1 amide bonds. The van der Waals surface area contributed by atoms with E-state index in [1.807, 2.05) is 36.9 Å². The fraction of sp³-hybridized carbons (Fsp3) is 0.650. The number of piperidine rings is 1. The van der Waals surface area contributed by atoms with Crippen molar-refractivity contribution in [1.82, 2.24) is 10.2 Å². The van der Waals surface area contributed by atoms with Crippen LogP contribution >= 0.6 is 12.4 Å². The van der Waals surface area contributed by atoms with Crippen molar-refractivity contribution in [1.29, 1.82) is 0 Å². The third-order valence-electron chi connectivity index (χ3n) is 4.96. The Hall–Kier alpha value is -1.46. The molecular weight excluding hydrogens is 352 g/mol. The lowest BCUT2D eigenvalue weighted by atomic mass is 10.0. The number of amides is 1. The van der Waals surface area contributed by atoms with E-state index in [1.165, 1.54) is 12.8 Å². The van der Waals surface area contributed by atoms with Crippen LogP contribution in [-0.2, 0) is 0 Å². The van der Waals surface area contributed by atoms with E-state index in [0.717, 1.165) is 38.4 Å². The Morgan fingerprint density at radius 1 is 1.08 bits per heavy atom. The number of hydrogen-bond acceptors (Lipinski definition) is 4. The molecule has 0 bridgehead atoms. The predicted octanol–water partition coefficient (Wildman–Crippen LogP) is 3.51. The average Bonchev–Trinajstić information content (AvgIpc) is 3.46. The van der Waals surface area contributed by atoms with Gasteiger partial charge in [0.2, 0.25) is 0 Å². The third kappa shape index (κ3) is 5.52. The van der Waals surface area contributed by atoms with E-state index in [0.29, 0.717) is 36.3 Å². The van der Waals surface area contributed by atoms with E-state index in [4.69, 9.17) is 9.47 Å². The summed E-state index contributed by atoms with van der Waals surface area (Å²) in [7, 11) is 0. The molecule has 0 aromatic heterocycles. The van der Waals surface area contributed by atoms with Crippen LogP contribution in [0.2, 0.25) is 0 Å². The Morgan fingerprint density at radius 3 is 2.35 bits per heavy atom. The lowest BCUT2D eigenvalue weighted by molar-refractivity contribution is 0.0704. The molecule has 1 saturated heterocycles. The lowest BCUT2D eigenvalue weighted by Crippen LogP contribution is -2.45. The number of hydrogen-bond donors (Lipinski definition) is 1. The molecule has 0 spiro atoms. The first-order valence-corrected chi connectivity index (χ1v) is 9.63. The van der Waals surface area contributed by atoms with Crippen molar-refractivity contribution in [3.8, 4) is 11.5 Å². The van der Waals surface area contributed by atoms with Crippen molar-refractivity contribution in [2.45, 2.75) is 45.6 Å². The first kappa shape index (κ1) is 20.8. The Balaban J connectivity index is 0.00000243. The molecule has 3 rings (SSSR count). The van der Waals surface area contributed by atoms with Crippen molar-refractivity contribution < 1.29 is 14.3 Å². The molecule has 1 aliphatic carbocycles. The summed E-state index contributed by atoms with van der Waals surface area (Å²) in [5.41, 5.74) is 0.677. The largest absolute Gasteiger partial charge is 0.490 e. The molecule has 146 valence electrons. The molecule has 0 unspecified atom stereocenters. The van der Waals surface area contributed by atoms with Gasteiger partial charge in [-0.1, -0.05) is 0 Å². The zero-order valence-corrected chi connectivity index (χ0v) is 16.6. The van der Waals surface area contributed by atoms with Crippen LogP contribution in [0.25, 0.3) is 0 Å². The number of rotatable bonds is 8. The fourth-order valence-electron chi connectivity index (χ4n) is 3.31. The molecule has 1 saturated carbocycles. The maximum absolute atomic E-state index is 12.8. The molecule has 0 radical (unpaired) electrons. The molecule has 1 N–H and O–H groups in total. The standard InChI is InChI=1S/C20H30N2O3.ClH/c1-3-24-18-8-7-16(13-19(18)25-4-2)20(23)22-11-9-17(10-12-22)21-14-15-5-6-15;/h7-8,13,15,17,21H,3-6,9-12,14H2,1-2H3;1H. The van der Waals surface area contributed by atoms with E-state index >= 15 is 0 Å². The van der Waals surface area contributed by atoms with Gasteiger partial charge in [0.15, 0.2) is 11.5 Å². The van der Waals surface area contributed by atoms with Gasteiger partial charge in [-0.3, -0.25) is 4.79 Å². The van der Waals surface area contributed by atoms with Crippen molar-refractivity contribution in [2.24, 2.45) is 5.92 Å². The highest BCUT2D eigenvalue weighted by molar-refractivity contribution is 5.95. The first-order chi connectivity index (χ1) is 12.2. The van der Waals surface area contributed by atoms with Crippen LogP contribution in [0.5, 0.6) is 11.5 Å². The highest BCUT2D eigenvalue weighted by Gasteiger charge is 2.26. The van der Waals surface area contributed by atoms with Crippen LogP contribution in [0.15, 0.2) is 18.2 Å². The van der Waals surface area contributed by atoms with Crippen LogP contribution in [0, 0.1) is 5.92 Å². The average molecular weight is 383 g/mol. The van der Waals surface area contributed by atoms with E-state index in [1.54, 1.807) is 0 Å². The van der Waals surface area contributed by atoms with Gasteiger partial charge < -0.3 is 19.7 Å². The molecule has 1 aromatic carbocycles. The van der Waals surface area contributed by atoms with Crippen LogP contribution in [0.4, 0.5) is 0 Å². The van der Waals surface area contributed by atoms with Gasteiger partial charge in [-0.05, 0) is 70.2 Å². The van der Waals surface area contributed by atoms with Gasteiger partial charge in [-0.15, -0.1) is 12.4 Å². The third-order valence-corrected chi connectivity index (χ3v) is 4.96. The predicted molar refractivity (Wildman–Crippen MR) is 106 cm³/mol. The zero-order chi connectivity index (χ0) is 17.6. The van der Waals surface area contributed by atoms with Crippen molar-refractivity contribution in [3.05, 3.63) is 23.8 Å². The summed E-state index contributed by atoms with van der Waals surface area (Å²) < 4.78 is 11.2. The van der Waals surface area contributed by atoms with Crippen molar-refractivity contribution in [2.75, 3.05) is 32.8 Å². The van der Waals surface area contributed by atoms with Crippen LogP contribution in [-0.4, -0.2) is 49.7 Å². The molecule has 5 nitrogen and oxygen atoms in total. The van der Waals surface area contributed by atoms with E-state index < -0.39 is 0 Å². The second kappa shape index (κ2) is 10.0. The summed E-state index contributed by atoms with van der Waals surface area (Å²) in [4.78, 5) is 14.8. The molecule has 1 aliphatic heterocycles. The van der Waals surface area contributed by atoms with Gasteiger partial charge in [0.25, 0.3) is 5.91 Å². The summed E-state index contributed by atoms with van der Waals surface area (Å²) in [5, 5.41) is 3.66. The van der Waals surface area contributed by atoms with E-state index in [-0.39, 0.29) is 18.3 Å². The normalized spacial score (nSPS) is 17.5. The number of carbonyl (C=O) groups excluding carboxylic acids is 1. The molecular formula is C20H31ClN2O3. The van der Waals surface area contributed by atoms with Gasteiger partial charge in [-0.2, -0.15) is 0 Å². The van der Waals surface area contributed by atoms with Crippen molar-refractivity contribution >= 4 is 18.3 Å². The Labute approximate surface area is 162 Å². The van der Waals surface area contributed by atoms with Crippen LogP contribution in [0.3, 0.4) is 0 Å². The fourth-order valence-corrected chi connectivity index (χ4v) is 3.31. The minimum absolute atomic E-state index is 0. The smallest absolute Gasteiger partial charge is 0.253 e. The second-order valence-corrected chi connectivity index (χ2v) is 6.95. The van der Waals surface area contributed by atoms with Gasteiger partial charge in [-0.25, -0.2) is 0 Å². The maximum Gasteiger partial charge on any atom is 0.253 e. The second-order valence-electron chi connectivity index (χ2n) is 6.95. The zero-order valence-electron chi connectivity index (χ0n) is 15.8. The Bertz CT molecular complexity index is 584. The number of nitrogens with zero attached hydrogens (tertiary/aromatic N) is 1. The molecule has 2 aliphatic rings. The summed E-state index contributed by atoms with van der Waals surface area (Å²) >= 11 is 0. The number of halogens is 1. The number of likely N-dealkylation sites (tertiary alicyclic amines) is 1. The highest BCUT2D eigenvalue weighted by Crippen LogP contribution is 2.30. The topological polar surface area (TPSA) is 50.8 Å². The quantitative estimate of drug-likeness (QED) is 0.747. The number of nitrogens with one attached hydrogen (secondary N) is 1. The molecule has 6 heteroatoms. The summed E-state index contributed by atoms with van der Waals surface area (Å²) in [5.74, 6) is 2.34. The number of ether oxygens (including phenoxy) is 2. The van der Waals surface area contributed by atoms with Gasteiger partial charge in [0, 0.05) is 24.7 Å². The minimum atomic E-state index is 0. The van der Waals surface area contributed by atoms with Gasteiger partial charge >= 0.3 is 0 Å². The lowest BCUT2D eigenvalue weighted by Gasteiger charge is -2.32. The highest BCUT2D eigenvalue weighted by atomic mass is 35.5. The molecule has 0 atom stereocenters. The molecule has 1 aromatic rings. The summed E-state index contributed by atoms with van der Waals surface area (Å²) in [6.45, 7) is 7.79.